The van der Waals surface area contributed by atoms with E-state index in [-0.39, 0.29) is 19.1 Å². The van der Waals surface area contributed by atoms with Crippen molar-refractivity contribution in [2.75, 3.05) is 24.8 Å². The third-order valence-corrected chi connectivity index (χ3v) is 4.13. The molecule has 0 heterocycles. The summed E-state index contributed by atoms with van der Waals surface area (Å²) < 4.78 is 66.7. The Balaban J connectivity index is 2.96. The lowest BCUT2D eigenvalue weighted by atomic mass is 10.2. The highest BCUT2D eigenvalue weighted by Crippen LogP contribution is 2.34. The van der Waals surface area contributed by atoms with Gasteiger partial charge >= 0.3 is 6.18 Å². The zero-order valence-electron chi connectivity index (χ0n) is 9.78. The van der Waals surface area contributed by atoms with Gasteiger partial charge in [0, 0.05) is 5.88 Å². The Morgan fingerprint density at radius 3 is 2.37 bits per heavy atom. The van der Waals surface area contributed by atoms with Crippen molar-refractivity contribution >= 4 is 21.4 Å². The number of alkyl halides is 4. The fourth-order valence-electron chi connectivity index (χ4n) is 1.41. The van der Waals surface area contributed by atoms with Crippen LogP contribution >= 0.6 is 11.6 Å². The van der Waals surface area contributed by atoms with E-state index in [1.807, 2.05) is 0 Å². The minimum atomic E-state index is -4.71. The number of hydrogen-bond acceptors (Lipinski definition) is 3. The predicted octanol–water partition coefficient (Wildman–Crippen LogP) is 2.73. The fourth-order valence-corrected chi connectivity index (χ4v) is 2.88. The van der Waals surface area contributed by atoms with Gasteiger partial charge in [-0.05, 0) is 12.1 Å². The van der Waals surface area contributed by atoms with Crippen molar-refractivity contribution in [1.29, 1.82) is 0 Å². The van der Waals surface area contributed by atoms with Crippen LogP contribution in [0.5, 0.6) is 0 Å². The topological polar surface area (TPSA) is 43.4 Å². The fraction of sp³-hybridized carbons (Fsp3) is 0.455. The van der Waals surface area contributed by atoms with Crippen LogP contribution in [-0.4, -0.2) is 33.3 Å². The Hall–Kier alpha value is -0.790. The summed E-state index contributed by atoms with van der Waals surface area (Å²) >= 11 is 5.33. The molecule has 1 rings (SSSR count). The molecule has 19 heavy (non-hydrogen) atoms. The van der Waals surface area contributed by atoms with Gasteiger partial charge in [0.05, 0.1) is 29.4 Å². The highest BCUT2D eigenvalue weighted by molar-refractivity contribution is 7.91. The van der Waals surface area contributed by atoms with Crippen LogP contribution in [0.25, 0.3) is 0 Å². The Morgan fingerprint density at radius 1 is 1.16 bits per heavy atom. The van der Waals surface area contributed by atoms with E-state index in [1.165, 1.54) is 6.07 Å². The van der Waals surface area contributed by atoms with Gasteiger partial charge in [-0.1, -0.05) is 12.1 Å². The van der Waals surface area contributed by atoms with Gasteiger partial charge in [0.1, 0.15) is 0 Å². The van der Waals surface area contributed by atoms with Gasteiger partial charge in [0.15, 0.2) is 9.84 Å². The van der Waals surface area contributed by atoms with Gasteiger partial charge in [-0.25, -0.2) is 8.42 Å². The molecule has 108 valence electrons. The molecule has 3 nitrogen and oxygen atoms in total. The van der Waals surface area contributed by atoms with Crippen LogP contribution in [0, 0.1) is 0 Å². The molecule has 0 atom stereocenters. The monoisotopic (exact) mass is 316 g/mol. The van der Waals surface area contributed by atoms with Gasteiger partial charge in [-0.15, -0.1) is 11.6 Å². The van der Waals surface area contributed by atoms with E-state index in [4.69, 9.17) is 16.3 Å². The molecule has 0 bridgehead atoms. The van der Waals surface area contributed by atoms with Crippen molar-refractivity contribution in [2.45, 2.75) is 11.1 Å². The van der Waals surface area contributed by atoms with Gasteiger partial charge in [0.25, 0.3) is 0 Å². The number of halogens is 4. The first kappa shape index (κ1) is 16.3. The first-order chi connectivity index (χ1) is 8.79. The molecule has 1 aromatic carbocycles. The number of ether oxygens (including phenoxy) is 1. The van der Waals surface area contributed by atoms with Crippen LogP contribution in [0.3, 0.4) is 0 Å². The van der Waals surface area contributed by atoms with Crippen LogP contribution in [0.2, 0.25) is 0 Å². The van der Waals surface area contributed by atoms with Gasteiger partial charge in [-0.3, -0.25) is 0 Å². The molecule has 8 heteroatoms. The van der Waals surface area contributed by atoms with Gasteiger partial charge in [0.2, 0.25) is 0 Å². The summed E-state index contributed by atoms with van der Waals surface area (Å²) in [6, 6.07) is 4.08. The third-order valence-electron chi connectivity index (χ3n) is 2.25. The smallest absolute Gasteiger partial charge is 0.379 e. The Kier molecular flexibility index (Phi) is 5.64. The number of hydrogen-bond donors (Lipinski definition) is 0. The average Bonchev–Trinajstić information content (AvgIpc) is 2.34. The lowest BCUT2D eigenvalue weighted by Crippen LogP contribution is -2.18. The van der Waals surface area contributed by atoms with Crippen molar-refractivity contribution < 1.29 is 26.3 Å². The van der Waals surface area contributed by atoms with Crippen LogP contribution in [0.1, 0.15) is 5.56 Å². The molecule has 0 amide bonds. The zero-order chi connectivity index (χ0) is 14.5. The maximum Gasteiger partial charge on any atom is 0.417 e. The first-order valence-corrected chi connectivity index (χ1v) is 7.50. The summed E-state index contributed by atoms with van der Waals surface area (Å²) in [6.07, 6.45) is -4.71. The van der Waals surface area contributed by atoms with Crippen LogP contribution < -0.4 is 0 Å². The highest BCUT2D eigenvalue weighted by atomic mass is 35.5. The maximum atomic E-state index is 12.7. The summed E-state index contributed by atoms with van der Waals surface area (Å²) in [5.74, 6) is -0.323. The molecule has 0 aromatic heterocycles. The molecule has 0 aliphatic rings. The third kappa shape index (κ3) is 4.67. The first-order valence-electron chi connectivity index (χ1n) is 5.32. The summed E-state index contributed by atoms with van der Waals surface area (Å²) in [4.78, 5) is -0.725. The zero-order valence-corrected chi connectivity index (χ0v) is 11.4. The number of rotatable bonds is 6. The summed E-state index contributed by atoms with van der Waals surface area (Å²) in [6.45, 7) is -0.0424. The largest absolute Gasteiger partial charge is 0.417 e. The molecule has 1 aromatic rings. The Bertz CT molecular complexity index is 514. The van der Waals surface area contributed by atoms with Crippen molar-refractivity contribution in [3.05, 3.63) is 29.8 Å². The highest BCUT2D eigenvalue weighted by Gasteiger charge is 2.36. The molecule has 0 spiro atoms. The second-order valence-electron chi connectivity index (χ2n) is 3.61. The van der Waals surface area contributed by atoms with E-state index in [9.17, 15) is 21.6 Å². The maximum absolute atomic E-state index is 12.7. The van der Waals surface area contributed by atoms with Crippen molar-refractivity contribution in [3.8, 4) is 0 Å². The average molecular weight is 317 g/mol. The van der Waals surface area contributed by atoms with E-state index in [0.717, 1.165) is 18.2 Å². The molecule has 0 aliphatic heterocycles. The molecular weight excluding hydrogens is 305 g/mol. The summed E-state index contributed by atoms with van der Waals surface area (Å²) in [5, 5.41) is 0. The van der Waals surface area contributed by atoms with Crippen molar-refractivity contribution in [2.24, 2.45) is 0 Å². The lowest BCUT2D eigenvalue weighted by molar-refractivity contribution is -0.139. The van der Waals surface area contributed by atoms with Gasteiger partial charge in [-0.2, -0.15) is 13.2 Å². The summed E-state index contributed by atoms with van der Waals surface area (Å²) in [7, 11) is -4.04. The van der Waals surface area contributed by atoms with E-state index >= 15 is 0 Å². The van der Waals surface area contributed by atoms with E-state index < -0.39 is 32.2 Å². The molecule has 0 unspecified atom stereocenters. The van der Waals surface area contributed by atoms with Crippen LogP contribution in [0.15, 0.2) is 29.2 Å². The molecular formula is C11H12ClF3O3S. The standard InChI is InChI=1S/C11H12ClF3O3S/c12-5-6-18-7-8-19(16,17)10-4-2-1-3-9(10)11(13,14)15/h1-4H,5-8H2. The quantitative estimate of drug-likeness (QED) is 0.599. The Labute approximate surface area is 114 Å². The summed E-state index contributed by atoms with van der Waals surface area (Å²) in [5.41, 5.74) is -1.16. The van der Waals surface area contributed by atoms with E-state index in [2.05, 4.69) is 0 Å². The molecule has 0 fully saturated rings. The molecule has 0 N–H and O–H groups in total. The molecule has 0 saturated carbocycles. The number of benzene rings is 1. The second kappa shape index (κ2) is 6.58. The minimum Gasteiger partial charge on any atom is -0.379 e. The minimum absolute atomic E-state index is 0.151. The molecule has 0 saturated heterocycles. The van der Waals surface area contributed by atoms with Crippen LogP contribution in [0.4, 0.5) is 13.2 Å². The second-order valence-corrected chi connectivity index (χ2v) is 6.07. The van der Waals surface area contributed by atoms with E-state index in [0.29, 0.717) is 0 Å². The van der Waals surface area contributed by atoms with Crippen molar-refractivity contribution in [3.63, 3.8) is 0 Å². The number of sulfone groups is 1. The predicted molar refractivity (Wildman–Crippen MR) is 65.0 cm³/mol. The lowest BCUT2D eigenvalue weighted by Gasteiger charge is -2.13. The molecule has 0 radical (unpaired) electrons. The molecule has 0 aliphatic carbocycles. The van der Waals surface area contributed by atoms with Crippen LogP contribution in [-0.2, 0) is 20.8 Å². The normalized spacial score (nSPS) is 12.6. The van der Waals surface area contributed by atoms with Crippen molar-refractivity contribution in [1.82, 2.24) is 0 Å². The van der Waals surface area contributed by atoms with Gasteiger partial charge < -0.3 is 4.74 Å². The Morgan fingerprint density at radius 2 is 1.79 bits per heavy atom. The van der Waals surface area contributed by atoms with E-state index in [1.54, 1.807) is 0 Å². The SMILES string of the molecule is O=S(=O)(CCOCCCl)c1ccccc1C(F)(F)F.